The van der Waals surface area contributed by atoms with Gasteiger partial charge in [0.15, 0.2) is 5.69 Å². The van der Waals surface area contributed by atoms with Crippen LogP contribution in [-0.4, -0.2) is 27.2 Å². The van der Waals surface area contributed by atoms with Crippen molar-refractivity contribution in [2.24, 2.45) is 5.73 Å². The summed E-state index contributed by atoms with van der Waals surface area (Å²) in [7, 11) is 0. The Balaban J connectivity index is 2.56. The van der Waals surface area contributed by atoms with Gasteiger partial charge in [-0.1, -0.05) is 5.92 Å². The number of nitrogens with one attached hydrogen (secondary N) is 1. The first kappa shape index (κ1) is 10.7. The third-order valence-corrected chi connectivity index (χ3v) is 2.10. The molecule has 0 spiro atoms. The van der Waals surface area contributed by atoms with Crippen LogP contribution in [0.15, 0.2) is 18.2 Å². The lowest BCUT2D eigenvalue weighted by atomic mass is 10.1. The maximum absolute atomic E-state index is 10.9. The molecule has 0 aliphatic carbocycles. The van der Waals surface area contributed by atoms with Gasteiger partial charge < -0.3 is 10.8 Å². The summed E-state index contributed by atoms with van der Waals surface area (Å²) in [4.78, 5) is 21.4. The van der Waals surface area contributed by atoms with E-state index in [1.807, 2.05) is 0 Å². The molecule has 0 saturated carbocycles. The van der Waals surface area contributed by atoms with Gasteiger partial charge in [0, 0.05) is 10.9 Å². The number of nitrogens with zero attached hydrogens (tertiary/aromatic N) is 1. The molecule has 17 heavy (non-hydrogen) atoms. The van der Waals surface area contributed by atoms with E-state index in [-0.39, 0.29) is 5.69 Å². The highest BCUT2D eigenvalue weighted by molar-refractivity contribution is 6.01. The van der Waals surface area contributed by atoms with Crippen LogP contribution in [0.25, 0.3) is 10.9 Å². The Labute approximate surface area is 95.4 Å². The number of aromatic amines is 1. The molecular weight excluding hydrogens is 222 g/mol. The summed E-state index contributed by atoms with van der Waals surface area (Å²) in [6, 6.07) is 4.82. The van der Waals surface area contributed by atoms with Crippen molar-refractivity contribution in [1.82, 2.24) is 10.2 Å². The van der Waals surface area contributed by atoms with Crippen LogP contribution in [0.3, 0.4) is 0 Å². The first-order valence-corrected chi connectivity index (χ1v) is 4.61. The standard InChI is InChI=1S/C11H7N3O3/c12-9(15)4-2-6-1-3-8-7(5-6)10(11(16)17)14-13-8/h1,3,5H,(H2,12,15)(H,13,14)(H,16,17). The molecule has 0 radical (unpaired) electrons. The number of benzene rings is 1. The van der Waals surface area contributed by atoms with Gasteiger partial charge >= 0.3 is 5.97 Å². The van der Waals surface area contributed by atoms with Gasteiger partial charge in [-0.05, 0) is 24.1 Å². The molecule has 0 bridgehead atoms. The van der Waals surface area contributed by atoms with Gasteiger partial charge in [-0.3, -0.25) is 9.89 Å². The van der Waals surface area contributed by atoms with Crippen molar-refractivity contribution in [2.45, 2.75) is 0 Å². The number of primary amides is 1. The second-order valence-corrected chi connectivity index (χ2v) is 3.25. The smallest absolute Gasteiger partial charge is 0.357 e. The fraction of sp³-hybridized carbons (Fsp3) is 0. The Kier molecular flexibility index (Phi) is 2.51. The molecule has 1 aromatic heterocycles. The van der Waals surface area contributed by atoms with Crippen LogP contribution in [0.1, 0.15) is 16.1 Å². The Morgan fingerprint density at radius 1 is 1.41 bits per heavy atom. The molecule has 0 atom stereocenters. The van der Waals surface area contributed by atoms with E-state index < -0.39 is 11.9 Å². The lowest BCUT2D eigenvalue weighted by molar-refractivity contribution is -0.112. The Morgan fingerprint density at radius 3 is 2.82 bits per heavy atom. The number of aromatic nitrogens is 2. The molecule has 4 N–H and O–H groups in total. The monoisotopic (exact) mass is 229 g/mol. The average molecular weight is 229 g/mol. The predicted octanol–water partition coefficient (Wildman–Crippen LogP) is 0.0979. The lowest BCUT2D eigenvalue weighted by Crippen LogP contribution is -2.06. The van der Waals surface area contributed by atoms with E-state index in [0.29, 0.717) is 16.5 Å². The van der Waals surface area contributed by atoms with E-state index in [0.717, 1.165) is 0 Å². The minimum atomic E-state index is -1.13. The van der Waals surface area contributed by atoms with Gasteiger partial charge in [0.2, 0.25) is 0 Å². The number of carboxylic acids is 1. The molecule has 84 valence electrons. The number of amides is 1. The summed E-state index contributed by atoms with van der Waals surface area (Å²) >= 11 is 0. The molecule has 1 heterocycles. The highest BCUT2D eigenvalue weighted by Gasteiger charge is 2.12. The summed E-state index contributed by atoms with van der Waals surface area (Å²) < 4.78 is 0. The maximum atomic E-state index is 10.9. The van der Waals surface area contributed by atoms with Crippen LogP contribution >= 0.6 is 0 Å². The fourth-order valence-electron chi connectivity index (χ4n) is 1.39. The summed E-state index contributed by atoms with van der Waals surface area (Å²) in [6.45, 7) is 0. The van der Waals surface area contributed by atoms with E-state index in [4.69, 9.17) is 10.8 Å². The Bertz CT molecular complexity index is 676. The van der Waals surface area contributed by atoms with Crippen molar-refractivity contribution >= 4 is 22.8 Å². The molecule has 1 aromatic carbocycles. The number of rotatable bonds is 1. The van der Waals surface area contributed by atoms with E-state index in [9.17, 15) is 9.59 Å². The summed E-state index contributed by atoms with van der Waals surface area (Å²) in [5, 5.41) is 15.6. The molecule has 2 aromatic rings. The topological polar surface area (TPSA) is 109 Å². The quantitative estimate of drug-likeness (QED) is 0.602. The molecule has 1 amide bonds. The van der Waals surface area contributed by atoms with Crippen molar-refractivity contribution in [2.75, 3.05) is 0 Å². The molecule has 2 rings (SSSR count). The number of fused-ring (bicyclic) bond motifs is 1. The third kappa shape index (κ3) is 2.08. The van der Waals surface area contributed by atoms with Gasteiger partial charge in [0.25, 0.3) is 5.91 Å². The Morgan fingerprint density at radius 2 is 2.18 bits per heavy atom. The van der Waals surface area contributed by atoms with Crippen LogP contribution in [0.2, 0.25) is 0 Å². The summed E-state index contributed by atoms with van der Waals surface area (Å²) in [5.74, 6) is 2.84. The van der Waals surface area contributed by atoms with Gasteiger partial charge in [0.1, 0.15) is 0 Å². The van der Waals surface area contributed by atoms with Crippen LogP contribution < -0.4 is 5.73 Å². The molecule has 0 unspecified atom stereocenters. The normalized spacial score (nSPS) is 9.65. The minimum Gasteiger partial charge on any atom is -0.476 e. The average Bonchev–Trinajstić information content (AvgIpc) is 2.69. The molecule has 0 aliphatic heterocycles. The zero-order chi connectivity index (χ0) is 12.4. The number of nitrogens with two attached hydrogens (primary N) is 1. The zero-order valence-corrected chi connectivity index (χ0v) is 8.52. The molecule has 6 nitrogen and oxygen atoms in total. The number of H-pyrrole nitrogens is 1. The van der Waals surface area contributed by atoms with Gasteiger partial charge in [-0.15, -0.1) is 0 Å². The Hall–Kier alpha value is -2.81. The first-order chi connectivity index (χ1) is 8.08. The SMILES string of the molecule is NC(=O)C#Cc1ccc2[nH]nc(C(=O)O)c2c1. The van der Waals surface area contributed by atoms with E-state index >= 15 is 0 Å². The molecule has 0 saturated heterocycles. The second-order valence-electron chi connectivity index (χ2n) is 3.25. The minimum absolute atomic E-state index is 0.0808. The third-order valence-electron chi connectivity index (χ3n) is 2.10. The number of carboxylic acid groups (broad SMARTS) is 1. The number of carbonyl (C=O) groups is 2. The van der Waals surface area contributed by atoms with Crippen molar-refractivity contribution in [3.05, 3.63) is 29.5 Å². The number of hydrogen-bond acceptors (Lipinski definition) is 3. The van der Waals surface area contributed by atoms with Gasteiger partial charge in [0.05, 0.1) is 5.52 Å². The number of hydrogen-bond donors (Lipinski definition) is 3. The zero-order valence-electron chi connectivity index (χ0n) is 8.52. The highest BCUT2D eigenvalue weighted by atomic mass is 16.4. The van der Waals surface area contributed by atoms with Crippen molar-refractivity contribution in [3.63, 3.8) is 0 Å². The number of carbonyl (C=O) groups excluding carboxylic acids is 1. The van der Waals surface area contributed by atoms with Crippen LogP contribution in [0, 0.1) is 11.8 Å². The predicted molar refractivity (Wildman–Crippen MR) is 59.1 cm³/mol. The molecule has 6 heteroatoms. The largest absolute Gasteiger partial charge is 0.476 e. The lowest BCUT2D eigenvalue weighted by Gasteiger charge is -1.92. The van der Waals surface area contributed by atoms with Crippen molar-refractivity contribution in [3.8, 4) is 11.8 Å². The van der Waals surface area contributed by atoms with E-state index in [1.165, 1.54) is 6.07 Å². The second kappa shape index (κ2) is 3.98. The summed E-state index contributed by atoms with van der Waals surface area (Å²) in [6.07, 6.45) is 0. The molecule has 0 aliphatic rings. The highest BCUT2D eigenvalue weighted by Crippen LogP contribution is 2.17. The number of aromatic carboxylic acids is 1. The van der Waals surface area contributed by atoms with E-state index in [2.05, 4.69) is 22.0 Å². The first-order valence-electron chi connectivity index (χ1n) is 4.61. The van der Waals surface area contributed by atoms with E-state index in [1.54, 1.807) is 12.1 Å². The maximum Gasteiger partial charge on any atom is 0.357 e. The fourth-order valence-corrected chi connectivity index (χ4v) is 1.39. The summed E-state index contributed by atoms with van der Waals surface area (Å²) in [5.41, 5.74) is 5.90. The van der Waals surface area contributed by atoms with Crippen LogP contribution in [-0.2, 0) is 4.79 Å². The van der Waals surface area contributed by atoms with Crippen molar-refractivity contribution < 1.29 is 14.7 Å². The van der Waals surface area contributed by atoms with Crippen molar-refractivity contribution in [1.29, 1.82) is 0 Å². The van der Waals surface area contributed by atoms with Crippen LogP contribution in [0.5, 0.6) is 0 Å². The molecular formula is C11H7N3O3. The van der Waals surface area contributed by atoms with Gasteiger partial charge in [-0.25, -0.2) is 4.79 Å². The van der Waals surface area contributed by atoms with Crippen LogP contribution in [0.4, 0.5) is 0 Å². The molecule has 0 fully saturated rings. The van der Waals surface area contributed by atoms with Gasteiger partial charge in [-0.2, -0.15) is 5.10 Å².